The molecule has 1 aromatic rings. The number of nitrogens with one attached hydrogen (secondary N) is 3. The van der Waals surface area contributed by atoms with Gasteiger partial charge in [-0.1, -0.05) is 18.6 Å². The second kappa shape index (κ2) is 11.7. The highest BCUT2D eigenvalue weighted by Crippen LogP contribution is 2.20. The van der Waals surface area contributed by atoms with E-state index in [1.54, 1.807) is 0 Å². The summed E-state index contributed by atoms with van der Waals surface area (Å²) in [4.78, 5) is 20.6. The highest BCUT2D eigenvalue weighted by atomic mass is 127. The molecule has 3 rings (SSSR count). The van der Waals surface area contributed by atoms with Crippen molar-refractivity contribution in [3.8, 4) is 0 Å². The Hall–Kier alpha value is -1.55. The van der Waals surface area contributed by atoms with Gasteiger partial charge in [0.05, 0.1) is 6.54 Å². The first-order valence-electron chi connectivity index (χ1n) is 10.8. The number of rotatable bonds is 6. The van der Waals surface area contributed by atoms with Crippen LogP contribution < -0.4 is 20.9 Å². The van der Waals surface area contributed by atoms with Crippen LogP contribution >= 0.6 is 24.0 Å². The van der Waals surface area contributed by atoms with Gasteiger partial charge in [-0.3, -0.25) is 14.7 Å². The lowest BCUT2D eigenvalue weighted by Crippen LogP contribution is -2.54. The van der Waals surface area contributed by atoms with Crippen molar-refractivity contribution in [3.05, 3.63) is 29.8 Å². The average Bonchev–Trinajstić information content (AvgIpc) is 2.75. The van der Waals surface area contributed by atoms with Gasteiger partial charge in [-0.2, -0.15) is 0 Å². The summed E-state index contributed by atoms with van der Waals surface area (Å²) in [6, 6.07) is 8.40. The fraction of sp³-hybridized carbons (Fsp3) is 0.636. The number of piperidine rings is 1. The number of carbonyl (C=O) groups is 1. The van der Waals surface area contributed by atoms with Gasteiger partial charge in [0.1, 0.15) is 0 Å². The van der Waals surface area contributed by atoms with Crippen molar-refractivity contribution in [2.45, 2.75) is 45.2 Å². The van der Waals surface area contributed by atoms with Crippen LogP contribution in [0, 0.1) is 0 Å². The topological polar surface area (TPSA) is 72.0 Å². The number of amides is 1. The Morgan fingerprint density at radius 3 is 2.43 bits per heavy atom. The molecule has 0 bridgehead atoms. The monoisotopic (exact) mass is 528 g/mol. The molecular weight excluding hydrogens is 491 g/mol. The molecule has 2 aliphatic heterocycles. The van der Waals surface area contributed by atoms with Crippen molar-refractivity contribution in [2.75, 3.05) is 51.2 Å². The largest absolute Gasteiger partial charge is 0.360 e. The number of hydrogen-bond donors (Lipinski definition) is 3. The van der Waals surface area contributed by atoms with Gasteiger partial charge in [-0.25, -0.2) is 0 Å². The number of likely N-dealkylation sites (tertiary alicyclic amines) is 1. The molecule has 1 amide bonds. The fourth-order valence-electron chi connectivity index (χ4n) is 4.00. The van der Waals surface area contributed by atoms with E-state index in [-0.39, 0.29) is 35.4 Å². The molecule has 0 spiro atoms. The summed E-state index contributed by atoms with van der Waals surface area (Å²) in [5.41, 5.74) is 2.39. The minimum atomic E-state index is 0. The number of carbonyl (C=O) groups excluding carboxylic acids is 1. The molecule has 0 atom stereocenters. The average molecular weight is 528 g/mol. The SMILES string of the molecule is CN=C(NCc1ccc(N2CCNC(=O)C2)cc1)NCC(C)(C)N1CCCCC1.I. The molecule has 168 valence electrons. The smallest absolute Gasteiger partial charge is 0.239 e. The zero-order valence-electron chi connectivity index (χ0n) is 18.5. The van der Waals surface area contributed by atoms with Crippen molar-refractivity contribution in [1.82, 2.24) is 20.9 Å². The number of benzene rings is 1. The van der Waals surface area contributed by atoms with Crippen molar-refractivity contribution in [2.24, 2.45) is 4.99 Å². The van der Waals surface area contributed by atoms with Crippen LogP contribution in [0.5, 0.6) is 0 Å². The quantitative estimate of drug-likeness (QED) is 0.300. The van der Waals surface area contributed by atoms with Gasteiger partial charge < -0.3 is 20.9 Å². The molecule has 7 nitrogen and oxygen atoms in total. The number of piperazine rings is 1. The van der Waals surface area contributed by atoms with Crippen LogP contribution in [-0.4, -0.2) is 68.6 Å². The summed E-state index contributed by atoms with van der Waals surface area (Å²) in [5.74, 6) is 0.913. The first kappa shape index (κ1) is 24.7. The number of nitrogens with zero attached hydrogens (tertiary/aromatic N) is 3. The van der Waals surface area contributed by atoms with Crippen molar-refractivity contribution in [1.29, 1.82) is 0 Å². The minimum Gasteiger partial charge on any atom is -0.360 e. The number of aliphatic imine (C=N–C) groups is 1. The highest BCUT2D eigenvalue weighted by Gasteiger charge is 2.27. The Bertz CT molecular complexity index is 700. The van der Waals surface area contributed by atoms with E-state index < -0.39 is 0 Å². The molecule has 0 unspecified atom stereocenters. The van der Waals surface area contributed by atoms with E-state index in [4.69, 9.17) is 0 Å². The third-order valence-corrected chi connectivity index (χ3v) is 5.92. The molecule has 1 aromatic carbocycles. The third kappa shape index (κ3) is 7.01. The van der Waals surface area contributed by atoms with Crippen molar-refractivity contribution < 1.29 is 4.79 Å². The molecule has 0 aliphatic carbocycles. The summed E-state index contributed by atoms with van der Waals surface area (Å²) in [6.07, 6.45) is 3.95. The maximum absolute atomic E-state index is 11.6. The maximum atomic E-state index is 11.6. The summed E-state index contributed by atoms with van der Waals surface area (Å²) in [7, 11) is 1.81. The van der Waals surface area contributed by atoms with Crippen LogP contribution in [0.15, 0.2) is 29.3 Å². The van der Waals surface area contributed by atoms with E-state index in [0.717, 1.165) is 24.7 Å². The van der Waals surface area contributed by atoms with E-state index in [1.165, 1.54) is 37.9 Å². The lowest BCUT2D eigenvalue weighted by atomic mass is 9.98. The van der Waals surface area contributed by atoms with Crippen LogP contribution in [0.25, 0.3) is 0 Å². The Balaban J connectivity index is 0.00000320. The van der Waals surface area contributed by atoms with Crippen LogP contribution in [0.3, 0.4) is 0 Å². The normalized spacial score (nSPS) is 18.4. The van der Waals surface area contributed by atoms with E-state index in [2.05, 4.69) is 68.9 Å². The first-order valence-corrected chi connectivity index (χ1v) is 10.8. The van der Waals surface area contributed by atoms with Crippen molar-refractivity contribution in [3.63, 3.8) is 0 Å². The molecule has 0 radical (unpaired) electrons. The Labute approximate surface area is 198 Å². The zero-order valence-corrected chi connectivity index (χ0v) is 20.9. The second-order valence-corrected chi connectivity index (χ2v) is 8.58. The van der Waals surface area contributed by atoms with E-state index >= 15 is 0 Å². The van der Waals surface area contributed by atoms with Gasteiger partial charge in [-0.05, 0) is 57.5 Å². The van der Waals surface area contributed by atoms with Gasteiger partial charge in [-0.15, -0.1) is 24.0 Å². The maximum Gasteiger partial charge on any atom is 0.239 e. The first-order chi connectivity index (χ1) is 14.0. The van der Waals surface area contributed by atoms with Crippen LogP contribution in [0.4, 0.5) is 5.69 Å². The number of halogens is 1. The van der Waals surface area contributed by atoms with Gasteiger partial charge in [0.15, 0.2) is 5.96 Å². The predicted octanol–water partition coefficient (Wildman–Crippen LogP) is 2.17. The van der Waals surface area contributed by atoms with Crippen LogP contribution in [0.2, 0.25) is 0 Å². The van der Waals surface area contributed by atoms with Gasteiger partial charge >= 0.3 is 0 Å². The van der Waals surface area contributed by atoms with Gasteiger partial charge in [0, 0.05) is 44.5 Å². The van der Waals surface area contributed by atoms with Crippen LogP contribution in [0.1, 0.15) is 38.7 Å². The summed E-state index contributed by atoms with van der Waals surface area (Å²) < 4.78 is 0. The molecule has 0 saturated carbocycles. The predicted molar refractivity (Wildman–Crippen MR) is 135 cm³/mol. The second-order valence-electron chi connectivity index (χ2n) is 8.58. The molecular formula is C22H37IN6O. The summed E-state index contributed by atoms with van der Waals surface area (Å²) in [6.45, 7) is 10.5. The molecule has 30 heavy (non-hydrogen) atoms. The van der Waals surface area contributed by atoms with Gasteiger partial charge in [0.2, 0.25) is 5.91 Å². The summed E-state index contributed by atoms with van der Waals surface area (Å²) in [5, 5.41) is 9.76. The summed E-state index contributed by atoms with van der Waals surface area (Å²) >= 11 is 0. The van der Waals surface area contributed by atoms with E-state index in [0.29, 0.717) is 19.6 Å². The zero-order chi connectivity index (χ0) is 20.7. The van der Waals surface area contributed by atoms with E-state index in [9.17, 15) is 4.79 Å². The molecule has 0 aromatic heterocycles. The molecule has 2 aliphatic rings. The Morgan fingerprint density at radius 2 is 1.80 bits per heavy atom. The standard InChI is InChI=1S/C22H36N6O.HI/c1-22(2,28-12-5-4-6-13-28)17-26-21(23-3)25-15-18-7-9-19(10-8-18)27-14-11-24-20(29)16-27;/h7-10H,4-6,11-17H2,1-3H3,(H,24,29)(H2,23,25,26);1H. The molecule has 3 N–H and O–H groups in total. The number of guanidine groups is 1. The number of anilines is 1. The molecule has 2 saturated heterocycles. The molecule has 8 heteroatoms. The van der Waals surface area contributed by atoms with E-state index in [1.807, 2.05) is 7.05 Å². The van der Waals surface area contributed by atoms with Crippen molar-refractivity contribution >= 4 is 41.5 Å². The Kier molecular flexibility index (Phi) is 9.67. The Morgan fingerprint density at radius 1 is 1.10 bits per heavy atom. The van der Waals surface area contributed by atoms with Gasteiger partial charge in [0.25, 0.3) is 0 Å². The fourth-order valence-corrected chi connectivity index (χ4v) is 4.00. The molecule has 2 fully saturated rings. The number of hydrogen-bond acceptors (Lipinski definition) is 4. The minimum absolute atomic E-state index is 0. The van der Waals surface area contributed by atoms with Crippen LogP contribution in [-0.2, 0) is 11.3 Å². The highest BCUT2D eigenvalue weighted by molar-refractivity contribution is 14.0. The molecule has 2 heterocycles. The lowest BCUT2D eigenvalue weighted by molar-refractivity contribution is -0.120. The third-order valence-electron chi connectivity index (χ3n) is 5.92. The lowest BCUT2D eigenvalue weighted by Gasteiger charge is -2.41.